The van der Waals surface area contributed by atoms with Crippen LogP contribution in [-0.2, 0) is 0 Å². The molecule has 1 aliphatic heterocycles. The molecule has 1 fully saturated rings. The molecule has 1 N–H and O–H groups in total. The smallest absolute Gasteiger partial charge is 0.193 e. The van der Waals surface area contributed by atoms with Gasteiger partial charge >= 0.3 is 0 Å². The molecule has 0 radical (unpaired) electrons. The molecule has 1 aliphatic rings. The van der Waals surface area contributed by atoms with Crippen molar-refractivity contribution in [1.82, 2.24) is 10.2 Å². The molecule has 142 valence electrons. The SMILES string of the molecule is CCNC(=NCCCCSC)N1CCC(CSc2ccccc2)C1.I. The molecule has 0 spiro atoms. The molecule has 1 unspecified atom stereocenters. The summed E-state index contributed by atoms with van der Waals surface area (Å²) in [6.07, 6.45) is 5.90. The monoisotopic (exact) mass is 493 g/mol. The van der Waals surface area contributed by atoms with Crippen LogP contribution in [0.5, 0.6) is 0 Å². The molecule has 1 atom stereocenters. The lowest BCUT2D eigenvalue weighted by Gasteiger charge is -2.21. The Balaban J connectivity index is 0.00000312. The van der Waals surface area contributed by atoms with Crippen molar-refractivity contribution in [3.05, 3.63) is 30.3 Å². The number of likely N-dealkylation sites (tertiary alicyclic amines) is 1. The van der Waals surface area contributed by atoms with Gasteiger partial charge < -0.3 is 10.2 Å². The first-order valence-electron chi connectivity index (χ1n) is 9.03. The molecule has 0 amide bonds. The molecule has 2 rings (SSSR count). The van der Waals surface area contributed by atoms with Gasteiger partial charge in [0.05, 0.1) is 0 Å². The molecule has 1 saturated heterocycles. The number of thioether (sulfide) groups is 2. The van der Waals surface area contributed by atoms with E-state index in [1.54, 1.807) is 0 Å². The lowest BCUT2D eigenvalue weighted by atomic mass is 10.2. The summed E-state index contributed by atoms with van der Waals surface area (Å²) in [4.78, 5) is 8.67. The fourth-order valence-electron chi connectivity index (χ4n) is 2.86. The number of nitrogens with one attached hydrogen (secondary N) is 1. The van der Waals surface area contributed by atoms with E-state index < -0.39 is 0 Å². The zero-order chi connectivity index (χ0) is 17.0. The van der Waals surface area contributed by atoms with Crippen LogP contribution in [0.3, 0.4) is 0 Å². The predicted molar refractivity (Wildman–Crippen MR) is 126 cm³/mol. The Kier molecular flexibility index (Phi) is 12.9. The largest absolute Gasteiger partial charge is 0.357 e. The lowest BCUT2D eigenvalue weighted by Crippen LogP contribution is -2.40. The van der Waals surface area contributed by atoms with Gasteiger partial charge in [0, 0.05) is 36.8 Å². The molecule has 1 aromatic carbocycles. The Morgan fingerprint density at radius 1 is 1.28 bits per heavy atom. The van der Waals surface area contributed by atoms with Gasteiger partial charge in [-0.2, -0.15) is 11.8 Å². The second-order valence-corrected chi connectivity index (χ2v) is 8.24. The number of benzene rings is 1. The second-order valence-electron chi connectivity index (χ2n) is 6.16. The summed E-state index contributed by atoms with van der Waals surface area (Å²) in [6.45, 7) is 6.32. The molecule has 0 aliphatic carbocycles. The molecule has 0 saturated carbocycles. The van der Waals surface area contributed by atoms with E-state index in [4.69, 9.17) is 4.99 Å². The third-order valence-electron chi connectivity index (χ3n) is 4.17. The number of nitrogens with zero attached hydrogens (tertiary/aromatic N) is 2. The number of hydrogen-bond acceptors (Lipinski definition) is 3. The number of guanidine groups is 1. The van der Waals surface area contributed by atoms with Crippen molar-refractivity contribution in [3.63, 3.8) is 0 Å². The molecule has 1 aromatic rings. The van der Waals surface area contributed by atoms with Crippen molar-refractivity contribution in [2.24, 2.45) is 10.9 Å². The van der Waals surface area contributed by atoms with Crippen LogP contribution in [0.15, 0.2) is 40.2 Å². The number of hydrogen-bond donors (Lipinski definition) is 1. The third-order valence-corrected chi connectivity index (χ3v) is 6.11. The zero-order valence-corrected chi connectivity index (χ0v) is 19.4. The minimum Gasteiger partial charge on any atom is -0.357 e. The Bertz CT molecular complexity index is 485. The van der Waals surface area contributed by atoms with E-state index in [9.17, 15) is 0 Å². The summed E-state index contributed by atoms with van der Waals surface area (Å²) in [5.74, 6) is 4.33. The van der Waals surface area contributed by atoms with Crippen LogP contribution in [0, 0.1) is 5.92 Å². The van der Waals surface area contributed by atoms with Crippen LogP contribution in [0.4, 0.5) is 0 Å². The molecular weight excluding hydrogens is 461 g/mol. The lowest BCUT2D eigenvalue weighted by molar-refractivity contribution is 0.474. The third kappa shape index (κ3) is 8.91. The summed E-state index contributed by atoms with van der Waals surface area (Å²) >= 11 is 3.91. The van der Waals surface area contributed by atoms with E-state index in [-0.39, 0.29) is 24.0 Å². The number of rotatable bonds is 9. The zero-order valence-electron chi connectivity index (χ0n) is 15.4. The Morgan fingerprint density at radius 3 is 2.80 bits per heavy atom. The molecule has 1 heterocycles. The van der Waals surface area contributed by atoms with Gasteiger partial charge in [-0.15, -0.1) is 35.7 Å². The topological polar surface area (TPSA) is 27.6 Å². The summed E-state index contributed by atoms with van der Waals surface area (Å²) in [6, 6.07) is 10.7. The highest BCUT2D eigenvalue weighted by atomic mass is 127. The average molecular weight is 494 g/mol. The maximum absolute atomic E-state index is 4.84. The maximum atomic E-state index is 4.84. The van der Waals surface area contributed by atoms with Crippen LogP contribution in [0.25, 0.3) is 0 Å². The molecular formula is C19H32IN3S2. The Hall–Kier alpha value is -0.0800. The van der Waals surface area contributed by atoms with Crippen LogP contribution in [0.1, 0.15) is 26.2 Å². The van der Waals surface area contributed by atoms with Gasteiger partial charge in [-0.1, -0.05) is 18.2 Å². The first kappa shape index (κ1) is 23.0. The van der Waals surface area contributed by atoms with Crippen molar-refractivity contribution in [2.75, 3.05) is 43.9 Å². The highest BCUT2D eigenvalue weighted by Crippen LogP contribution is 2.25. The van der Waals surface area contributed by atoms with Crippen LogP contribution in [0.2, 0.25) is 0 Å². The fourth-order valence-corrected chi connectivity index (χ4v) is 4.40. The van der Waals surface area contributed by atoms with Crippen LogP contribution in [-0.4, -0.2) is 54.8 Å². The molecule has 0 bridgehead atoms. The Labute approximate surface area is 179 Å². The molecule has 6 heteroatoms. The van der Waals surface area contributed by atoms with Gasteiger partial charge in [-0.3, -0.25) is 4.99 Å². The van der Waals surface area contributed by atoms with E-state index >= 15 is 0 Å². The summed E-state index contributed by atoms with van der Waals surface area (Å²) in [5, 5.41) is 3.47. The van der Waals surface area contributed by atoms with E-state index in [0.717, 1.165) is 38.1 Å². The highest BCUT2D eigenvalue weighted by molar-refractivity contribution is 14.0. The Morgan fingerprint density at radius 2 is 2.08 bits per heavy atom. The molecule has 3 nitrogen and oxygen atoms in total. The van der Waals surface area contributed by atoms with Gasteiger partial charge in [0.15, 0.2) is 5.96 Å². The predicted octanol–water partition coefficient (Wildman–Crippen LogP) is 4.83. The van der Waals surface area contributed by atoms with E-state index in [2.05, 4.69) is 53.7 Å². The summed E-state index contributed by atoms with van der Waals surface area (Å²) in [7, 11) is 0. The minimum absolute atomic E-state index is 0. The maximum Gasteiger partial charge on any atom is 0.193 e. The van der Waals surface area contributed by atoms with Crippen molar-refractivity contribution in [3.8, 4) is 0 Å². The fraction of sp³-hybridized carbons (Fsp3) is 0.632. The van der Waals surface area contributed by atoms with Gasteiger partial charge in [0.25, 0.3) is 0 Å². The van der Waals surface area contributed by atoms with Gasteiger partial charge in [0.2, 0.25) is 0 Å². The summed E-state index contributed by atoms with van der Waals surface area (Å²) in [5.41, 5.74) is 0. The number of halogens is 1. The first-order chi connectivity index (χ1) is 11.8. The van der Waals surface area contributed by atoms with E-state index in [0.29, 0.717) is 0 Å². The van der Waals surface area contributed by atoms with Crippen molar-refractivity contribution in [1.29, 1.82) is 0 Å². The van der Waals surface area contributed by atoms with Gasteiger partial charge in [-0.25, -0.2) is 0 Å². The van der Waals surface area contributed by atoms with Crippen molar-refractivity contribution in [2.45, 2.75) is 31.1 Å². The van der Waals surface area contributed by atoms with Crippen molar-refractivity contribution >= 4 is 53.5 Å². The molecule has 25 heavy (non-hydrogen) atoms. The van der Waals surface area contributed by atoms with E-state index in [1.165, 1.54) is 35.7 Å². The van der Waals surface area contributed by atoms with Gasteiger partial charge in [0.1, 0.15) is 0 Å². The standard InChI is InChI=1S/C19H31N3S2.HI/c1-3-20-19(21-12-7-8-14-23-2)22-13-11-17(15-22)16-24-18-9-5-4-6-10-18;/h4-6,9-10,17H,3,7-8,11-16H2,1-2H3,(H,20,21);1H. The number of aliphatic imine (C=N–C) groups is 1. The van der Waals surface area contributed by atoms with Gasteiger partial charge in [-0.05, 0) is 56.2 Å². The molecule has 0 aromatic heterocycles. The minimum atomic E-state index is 0. The highest BCUT2D eigenvalue weighted by Gasteiger charge is 2.24. The average Bonchev–Trinajstić information content (AvgIpc) is 3.09. The number of unbranched alkanes of at least 4 members (excludes halogenated alkanes) is 1. The van der Waals surface area contributed by atoms with Crippen molar-refractivity contribution < 1.29 is 0 Å². The second kappa shape index (κ2) is 14.0. The van der Waals surface area contributed by atoms with Crippen LogP contribution >= 0.6 is 47.5 Å². The summed E-state index contributed by atoms with van der Waals surface area (Å²) < 4.78 is 0. The normalized spacial score (nSPS) is 17.4. The quantitative estimate of drug-likeness (QED) is 0.175. The van der Waals surface area contributed by atoms with Crippen LogP contribution < -0.4 is 5.32 Å². The van der Waals surface area contributed by atoms with E-state index in [1.807, 2.05) is 23.5 Å². The first-order valence-corrected chi connectivity index (χ1v) is 11.4.